The highest BCUT2D eigenvalue weighted by molar-refractivity contribution is 5.94. The molecule has 0 saturated carbocycles. The summed E-state index contributed by atoms with van der Waals surface area (Å²) in [6.45, 7) is 0. The van der Waals surface area contributed by atoms with E-state index in [9.17, 15) is 4.79 Å². The second-order valence-corrected chi connectivity index (χ2v) is 9.89. The first-order valence-electron chi connectivity index (χ1n) is 13.2. The highest BCUT2D eigenvalue weighted by Crippen LogP contribution is 2.32. The molecule has 8 bridgehead atoms. The number of H-pyrrole nitrogens is 2. The van der Waals surface area contributed by atoms with E-state index in [0.717, 1.165) is 67.1 Å². The number of ether oxygens (including phenoxy) is 1. The fourth-order valence-electron chi connectivity index (χ4n) is 5.22. The molecule has 0 amide bonds. The second kappa shape index (κ2) is 9.81. The number of nitrogens with zero attached hydrogens (tertiary/aromatic N) is 2. The van der Waals surface area contributed by atoms with Crippen molar-refractivity contribution < 1.29 is 9.53 Å². The summed E-state index contributed by atoms with van der Waals surface area (Å²) in [7, 11) is 1.38. The number of esters is 1. The maximum absolute atomic E-state index is 12.0. The van der Waals surface area contributed by atoms with Crippen LogP contribution in [-0.4, -0.2) is 33.0 Å². The lowest BCUT2D eigenvalue weighted by Gasteiger charge is -2.05. The first-order valence-corrected chi connectivity index (χ1v) is 13.2. The lowest BCUT2D eigenvalue weighted by atomic mass is 10.0. The number of fused-ring (bicyclic) bond motifs is 8. The number of aromatic amines is 2. The van der Waals surface area contributed by atoms with Gasteiger partial charge in [-0.2, -0.15) is 0 Å². The predicted octanol–water partition coefficient (Wildman–Crippen LogP) is 7.36. The summed E-state index contributed by atoms with van der Waals surface area (Å²) in [4.78, 5) is 29.0. The zero-order chi connectivity index (χ0) is 27.9. The van der Waals surface area contributed by atoms with E-state index >= 15 is 0 Å². The number of aromatic nitrogens is 4. The Balaban J connectivity index is 1.50. The van der Waals surface area contributed by atoms with Gasteiger partial charge in [-0.1, -0.05) is 24.3 Å². The molecular weight excluding hydrogens is 510 g/mol. The van der Waals surface area contributed by atoms with E-state index in [1.54, 1.807) is 12.1 Å². The van der Waals surface area contributed by atoms with Crippen LogP contribution in [0.4, 0.5) is 5.69 Å². The molecule has 0 radical (unpaired) electrons. The van der Waals surface area contributed by atoms with Crippen LogP contribution in [0.25, 0.3) is 68.6 Å². The number of nitrogens with one attached hydrogen (secondary N) is 2. The largest absolute Gasteiger partial charge is 0.465 e. The third-order valence-electron chi connectivity index (χ3n) is 7.19. The first-order chi connectivity index (χ1) is 20.0. The molecular formula is C34H25N5O2. The minimum absolute atomic E-state index is 0.372. The minimum Gasteiger partial charge on any atom is -0.465 e. The van der Waals surface area contributed by atoms with E-state index in [0.29, 0.717) is 11.3 Å². The number of hydrogen-bond acceptors (Lipinski definition) is 5. The SMILES string of the molecule is COC(=O)c1ccc(-c2c3nc(cc4ccc([nH]4)c(-c4ccc(N)cc4)c4nc(cc5ccc2[nH]5)C=C4)C=C3)cc1. The third kappa shape index (κ3) is 4.59. The standard InChI is InChI=1S/C34H25N5O2/c1-41-34(40)22-4-2-20(3-5-22)32-28-14-10-24(36-28)18-26-12-16-30(38-26)33(21-6-8-23(35)9-7-21)31-17-13-27(39-31)19-25-11-15-29(32)37-25/h2-19,36,39H,35H2,1H3. The molecule has 0 atom stereocenters. The van der Waals surface area contributed by atoms with Crippen molar-refractivity contribution in [3.8, 4) is 22.3 Å². The van der Waals surface area contributed by atoms with Crippen molar-refractivity contribution in [3.05, 3.63) is 113 Å². The summed E-state index contributed by atoms with van der Waals surface area (Å²) < 4.78 is 4.87. The lowest BCUT2D eigenvalue weighted by molar-refractivity contribution is 0.0600. The molecule has 5 aromatic rings. The third-order valence-corrected chi connectivity index (χ3v) is 7.19. The Hall–Kier alpha value is -5.69. The van der Waals surface area contributed by atoms with E-state index < -0.39 is 0 Å². The van der Waals surface area contributed by atoms with Gasteiger partial charge in [-0.3, -0.25) is 0 Å². The number of carbonyl (C=O) groups excluding carboxylic acids is 1. The Morgan fingerprint density at radius 1 is 0.659 bits per heavy atom. The van der Waals surface area contributed by atoms with E-state index in [2.05, 4.69) is 16.0 Å². The average Bonchev–Trinajstić information content (AvgIpc) is 3.81. The Labute approximate surface area is 235 Å². The van der Waals surface area contributed by atoms with Crippen molar-refractivity contribution in [1.29, 1.82) is 0 Å². The van der Waals surface area contributed by atoms with Gasteiger partial charge in [-0.15, -0.1) is 0 Å². The first kappa shape index (κ1) is 24.4. The molecule has 5 heterocycles. The highest BCUT2D eigenvalue weighted by Gasteiger charge is 2.14. The number of anilines is 1. The monoisotopic (exact) mass is 535 g/mol. The van der Waals surface area contributed by atoms with Crippen LogP contribution in [0.3, 0.4) is 0 Å². The summed E-state index contributed by atoms with van der Waals surface area (Å²) in [6, 6.07) is 27.4. The average molecular weight is 536 g/mol. The predicted molar refractivity (Wildman–Crippen MR) is 165 cm³/mol. The van der Waals surface area contributed by atoms with Crippen molar-refractivity contribution in [2.24, 2.45) is 0 Å². The molecule has 7 heteroatoms. The fraction of sp³-hybridized carbons (Fsp3) is 0.0294. The molecule has 0 unspecified atom stereocenters. The second-order valence-electron chi connectivity index (χ2n) is 9.89. The molecule has 41 heavy (non-hydrogen) atoms. The Kier molecular flexibility index (Phi) is 5.83. The molecule has 3 aromatic heterocycles. The van der Waals surface area contributed by atoms with Gasteiger partial charge in [0.25, 0.3) is 0 Å². The molecule has 0 spiro atoms. The van der Waals surface area contributed by atoms with Gasteiger partial charge >= 0.3 is 5.97 Å². The number of benzene rings is 2. The molecule has 0 aliphatic carbocycles. The summed E-state index contributed by atoms with van der Waals surface area (Å²) in [5, 5.41) is 0. The van der Waals surface area contributed by atoms with Crippen LogP contribution in [0.5, 0.6) is 0 Å². The normalized spacial score (nSPS) is 12.0. The van der Waals surface area contributed by atoms with Crippen LogP contribution in [0.15, 0.2) is 84.9 Å². The zero-order valence-corrected chi connectivity index (χ0v) is 22.2. The molecule has 2 aromatic carbocycles. The van der Waals surface area contributed by atoms with E-state index in [1.165, 1.54) is 7.11 Å². The highest BCUT2D eigenvalue weighted by atomic mass is 16.5. The van der Waals surface area contributed by atoms with Gasteiger partial charge in [0.15, 0.2) is 0 Å². The Morgan fingerprint density at radius 2 is 1.15 bits per heavy atom. The quantitative estimate of drug-likeness (QED) is 0.162. The van der Waals surface area contributed by atoms with Crippen LogP contribution >= 0.6 is 0 Å². The summed E-state index contributed by atoms with van der Waals surface area (Å²) in [5.74, 6) is -0.372. The smallest absolute Gasteiger partial charge is 0.337 e. The van der Waals surface area contributed by atoms with Crippen LogP contribution in [0.2, 0.25) is 0 Å². The van der Waals surface area contributed by atoms with Crippen LogP contribution in [-0.2, 0) is 4.74 Å². The van der Waals surface area contributed by atoms with Crippen molar-refractivity contribution in [2.75, 3.05) is 12.8 Å². The molecule has 0 fully saturated rings. The molecule has 7 rings (SSSR count). The molecule has 2 aliphatic heterocycles. The van der Waals surface area contributed by atoms with Crippen LogP contribution in [0, 0.1) is 0 Å². The van der Waals surface area contributed by atoms with Crippen molar-refractivity contribution in [1.82, 2.24) is 19.9 Å². The zero-order valence-electron chi connectivity index (χ0n) is 22.2. The van der Waals surface area contributed by atoms with Gasteiger partial charge in [0.05, 0.1) is 35.4 Å². The number of hydrogen-bond donors (Lipinski definition) is 3. The van der Waals surface area contributed by atoms with E-state index in [1.807, 2.05) is 91.0 Å². The summed E-state index contributed by atoms with van der Waals surface area (Å²) in [6.07, 6.45) is 8.07. The van der Waals surface area contributed by atoms with Crippen LogP contribution < -0.4 is 5.73 Å². The van der Waals surface area contributed by atoms with E-state index in [-0.39, 0.29) is 5.97 Å². The lowest BCUT2D eigenvalue weighted by Crippen LogP contribution is -2.00. The van der Waals surface area contributed by atoms with Crippen LogP contribution in [0.1, 0.15) is 33.1 Å². The van der Waals surface area contributed by atoms with Gasteiger partial charge in [-0.05, 0) is 96.1 Å². The molecule has 198 valence electrons. The van der Waals surface area contributed by atoms with Crippen molar-refractivity contribution in [3.63, 3.8) is 0 Å². The van der Waals surface area contributed by atoms with Gasteiger partial charge in [-0.25, -0.2) is 14.8 Å². The number of rotatable bonds is 3. The van der Waals surface area contributed by atoms with Crippen molar-refractivity contribution >= 4 is 58.0 Å². The molecule has 2 aliphatic rings. The number of carbonyl (C=O) groups is 1. The topological polar surface area (TPSA) is 110 Å². The molecule has 4 N–H and O–H groups in total. The summed E-state index contributed by atoms with van der Waals surface area (Å²) >= 11 is 0. The number of methoxy groups -OCH3 is 1. The Morgan fingerprint density at radius 3 is 1.63 bits per heavy atom. The number of nitrogen functional groups attached to an aromatic ring is 1. The molecule has 0 saturated heterocycles. The summed E-state index contributed by atoms with van der Waals surface area (Å²) in [5.41, 5.74) is 18.1. The van der Waals surface area contributed by atoms with Gasteiger partial charge in [0.2, 0.25) is 0 Å². The minimum atomic E-state index is -0.372. The Bertz CT molecular complexity index is 2050. The van der Waals surface area contributed by atoms with Gasteiger partial charge in [0, 0.05) is 38.9 Å². The molecule has 7 nitrogen and oxygen atoms in total. The maximum Gasteiger partial charge on any atom is 0.337 e. The van der Waals surface area contributed by atoms with E-state index in [4.69, 9.17) is 20.4 Å². The maximum atomic E-state index is 12.0. The number of nitrogens with two attached hydrogens (primary N) is 1. The van der Waals surface area contributed by atoms with Crippen molar-refractivity contribution in [2.45, 2.75) is 0 Å². The van der Waals surface area contributed by atoms with Gasteiger partial charge < -0.3 is 20.4 Å². The van der Waals surface area contributed by atoms with Gasteiger partial charge in [0.1, 0.15) is 0 Å². The fourth-order valence-corrected chi connectivity index (χ4v) is 5.22.